The van der Waals surface area contributed by atoms with E-state index in [0.29, 0.717) is 0 Å². The highest BCUT2D eigenvalue weighted by atomic mass is 14.9. The summed E-state index contributed by atoms with van der Waals surface area (Å²) in [5, 5.41) is 6.99. The highest BCUT2D eigenvalue weighted by molar-refractivity contribution is 5.04. The maximum absolute atomic E-state index is 3.63. The summed E-state index contributed by atoms with van der Waals surface area (Å²) in [5.41, 5.74) is 0.776. The van der Waals surface area contributed by atoms with Crippen LogP contribution in [-0.4, -0.2) is 26.2 Å². The van der Waals surface area contributed by atoms with Crippen molar-refractivity contribution in [2.24, 2.45) is 11.3 Å². The van der Waals surface area contributed by atoms with Crippen molar-refractivity contribution in [3.8, 4) is 0 Å². The van der Waals surface area contributed by atoms with Crippen LogP contribution in [-0.2, 0) is 0 Å². The molecular formula is C12H24N2. The van der Waals surface area contributed by atoms with Crippen LogP contribution in [0.15, 0.2) is 0 Å². The van der Waals surface area contributed by atoms with Crippen molar-refractivity contribution in [2.75, 3.05) is 26.2 Å². The maximum atomic E-state index is 3.63. The van der Waals surface area contributed by atoms with Crippen LogP contribution in [0.4, 0.5) is 0 Å². The van der Waals surface area contributed by atoms with E-state index in [-0.39, 0.29) is 0 Å². The molecule has 0 aromatic carbocycles. The van der Waals surface area contributed by atoms with Gasteiger partial charge in [-0.1, -0.05) is 6.92 Å². The highest BCUT2D eigenvalue weighted by Crippen LogP contribution is 2.60. The first-order valence-corrected chi connectivity index (χ1v) is 6.29. The molecule has 2 N–H and O–H groups in total. The minimum atomic E-state index is 0.776. The molecule has 2 saturated carbocycles. The molecule has 0 unspecified atom stereocenters. The van der Waals surface area contributed by atoms with E-state index in [2.05, 4.69) is 17.6 Å². The van der Waals surface area contributed by atoms with E-state index in [4.69, 9.17) is 0 Å². The van der Waals surface area contributed by atoms with E-state index >= 15 is 0 Å². The molecule has 0 radical (unpaired) electrons. The molecule has 0 aromatic rings. The van der Waals surface area contributed by atoms with Gasteiger partial charge in [-0.3, -0.25) is 0 Å². The first kappa shape index (κ1) is 10.4. The zero-order valence-electron chi connectivity index (χ0n) is 9.44. The van der Waals surface area contributed by atoms with Crippen LogP contribution in [0.3, 0.4) is 0 Å². The fourth-order valence-corrected chi connectivity index (χ4v) is 2.44. The predicted octanol–water partition coefficient (Wildman–Crippen LogP) is 1.77. The van der Waals surface area contributed by atoms with Crippen molar-refractivity contribution in [1.82, 2.24) is 10.6 Å². The highest BCUT2D eigenvalue weighted by Gasteiger charge is 2.52. The molecule has 2 aliphatic carbocycles. The fourth-order valence-electron chi connectivity index (χ4n) is 2.44. The molecule has 0 atom stereocenters. The summed E-state index contributed by atoms with van der Waals surface area (Å²) < 4.78 is 0. The Kier molecular flexibility index (Phi) is 3.45. The normalized spacial score (nSPS) is 23.8. The molecule has 14 heavy (non-hydrogen) atoms. The Balaban J connectivity index is 1.47. The number of nitrogens with one attached hydrogen (secondary N) is 2. The zero-order valence-corrected chi connectivity index (χ0v) is 9.44. The molecule has 2 heteroatoms. The molecular weight excluding hydrogens is 172 g/mol. The van der Waals surface area contributed by atoms with Crippen LogP contribution < -0.4 is 10.6 Å². The van der Waals surface area contributed by atoms with Gasteiger partial charge in [0.2, 0.25) is 0 Å². The lowest BCUT2D eigenvalue weighted by atomic mass is 10.0. The standard InChI is InChI=1S/C12H24N2/c1-2-13-8-3-9-14-10-12(6-7-12)11-4-5-11/h11,13-14H,2-10H2,1H3. The molecule has 0 saturated heterocycles. The van der Waals surface area contributed by atoms with E-state index in [9.17, 15) is 0 Å². The van der Waals surface area contributed by atoms with E-state index in [1.165, 1.54) is 51.7 Å². The molecule has 0 amide bonds. The Bertz CT molecular complexity index is 171. The van der Waals surface area contributed by atoms with Crippen molar-refractivity contribution in [3.05, 3.63) is 0 Å². The van der Waals surface area contributed by atoms with Crippen molar-refractivity contribution < 1.29 is 0 Å². The second-order valence-electron chi connectivity index (χ2n) is 5.02. The van der Waals surface area contributed by atoms with Gasteiger partial charge >= 0.3 is 0 Å². The third-order valence-corrected chi connectivity index (χ3v) is 3.77. The monoisotopic (exact) mass is 196 g/mol. The Morgan fingerprint density at radius 1 is 1.14 bits per heavy atom. The van der Waals surface area contributed by atoms with E-state index in [1.807, 2.05) is 0 Å². The van der Waals surface area contributed by atoms with Crippen LogP contribution in [0, 0.1) is 11.3 Å². The zero-order chi connectivity index (χ0) is 9.86. The van der Waals surface area contributed by atoms with E-state index in [1.54, 1.807) is 0 Å². The van der Waals surface area contributed by atoms with Gasteiger partial charge < -0.3 is 10.6 Å². The summed E-state index contributed by atoms with van der Waals surface area (Å²) in [7, 11) is 0. The number of hydrogen-bond donors (Lipinski definition) is 2. The third kappa shape index (κ3) is 2.71. The van der Waals surface area contributed by atoms with Gasteiger partial charge in [-0.15, -0.1) is 0 Å². The molecule has 82 valence electrons. The van der Waals surface area contributed by atoms with Crippen LogP contribution in [0.2, 0.25) is 0 Å². The van der Waals surface area contributed by atoms with Crippen LogP contribution in [0.25, 0.3) is 0 Å². The minimum absolute atomic E-state index is 0.776. The van der Waals surface area contributed by atoms with E-state index < -0.39 is 0 Å². The van der Waals surface area contributed by atoms with Gasteiger partial charge in [0.15, 0.2) is 0 Å². The third-order valence-electron chi connectivity index (χ3n) is 3.77. The first-order valence-electron chi connectivity index (χ1n) is 6.29. The van der Waals surface area contributed by atoms with Gasteiger partial charge in [0.05, 0.1) is 0 Å². The molecule has 0 spiro atoms. The van der Waals surface area contributed by atoms with Crippen molar-refractivity contribution in [2.45, 2.75) is 39.0 Å². The van der Waals surface area contributed by atoms with Crippen LogP contribution in [0.1, 0.15) is 39.0 Å². The van der Waals surface area contributed by atoms with Gasteiger partial charge in [-0.25, -0.2) is 0 Å². The smallest absolute Gasteiger partial charge is 0.00105 e. The largest absolute Gasteiger partial charge is 0.317 e. The summed E-state index contributed by atoms with van der Waals surface area (Å²) in [6, 6.07) is 0. The summed E-state index contributed by atoms with van der Waals surface area (Å²) in [6.07, 6.45) is 7.29. The van der Waals surface area contributed by atoms with Gasteiger partial charge in [-0.2, -0.15) is 0 Å². The summed E-state index contributed by atoms with van der Waals surface area (Å²) in [4.78, 5) is 0. The lowest BCUT2D eigenvalue weighted by Gasteiger charge is -2.14. The average molecular weight is 196 g/mol. The molecule has 2 aliphatic rings. The number of hydrogen-bond acceptors (Lipinski definition) is 2. The predicted molar refractivity (Wildman–Crippen MR) is 60.4 cm³/mol. The van der Waals surface area contributed by atoms with Crippen LogP contribution >= 0.6 is 0 Å². The minimum Gasteiger partial charge on any atom is -0.317 e. The number of rotatable bonds is 8. The topological polar surface area (TPSA) is 24.1 Å². The Labute approximate surface area is 87.8 Å². The van der Waals surface area contributed by atoms with Crippen molar-refractivity contribution in [3.63, 3.8) is 0 Å². The molecule has 0 aromatic heterocycles. The summed E-state index contributed by atoms with van der Waals surface area (Å²) in [5.74, 6) is 1.10. The molecule has 2 fully saturated rings. The summed E-state index contributed by atoms with van der Waals surface area (Å²) in [6.45, 7) is 6.93. The second kappa shape index (κ2) is 4.63. The fraction of sp³-hybridized carbons (Fsp3) is 1.00. The van der Waals surface area contributed by atoms with Gasteiger partial charge in [0, 0.05) is 6.54 Å². The Morgan fingerprint density at radius 3 is 2.43 bits per heavy atom. The van der Waals surface area contributed by atoms with Gasteiger partial charge in [0.25, 0.3) is 0 Å². The van der Waals surface area contributed by atoms with Crippen molar-refractivity contribution >= 4 is 0 Å². The van der Waals surface area contributed by atoms with Crippen molar-refractivity contribution in [1.29, 1.82) is 0 Å². The maximum Gasteiger partial charge on any atom is 0.00105 e. The Morgan fingerprint density at radius 2 is 1.86 bits per heavy atom. The second-order valence-corrected chi connectivity index (χ2v) is 5.02. The molecule has 0 bridgehead atoms. The molecule has 0 heterocycles. The average Bonchev–Trinajstić information content (AvgIpc) is 3.03. The molecule has 2 rings (SSSR count). The van der Waals surface area contributed by atoms with Crippen LogP contribution in [0.5, 0.6) is 0 Å². The first-order chi connectivity index (χ1) is 6.87. The van der Waals surface area contributed by atoms with Gasteiger partial charge in [0.1, 0.15) is 0 Å². The quantitative estimate of drug-likeness (QED) is 0.578. The SMILES string of the molecule is CCNCCCNCC1(C2CC2)CC1. The lowest BCUT2D eigenvalue weighted by Crippen LogP contribution is -2.28. The molecule has 0 aliphatic heterocycles. The van der Waals surface area contributed by atoms with E-state index in [0.717, 1.165) is 17.9 Å². The Hall–Kier alpha value is -0.0800. The summed E-state index contributed by atoms with van der Waals surface area (Å²) >= 11 is 0. The van der Waals surface area contributed by atoms with Gasteiger partial charge in [-0.05, 0) is 63.1 Å². The molecule has 2 nitrogen and oxygen atoms in total. The lowest BCUT2D eigenvalue weighted by molar-refractivity contribution is 0.402.